The molecule has 0 bridgehead atoms. The van der Waals surface area contributed by atoms with Gasteiger partial charge < -0.3 is 5.32 Å². The molecule has 0 aromatic heterocycles. The highest BCUT2D eigenvalue weighted by Crippen LogP contribution is 2.31. The predicted molar refractivity (Wildman–Crippen MR) is 70.5 cm³/mol. The van der Waals surface area contributed by atoms with Crippen LogP contribution in [0.5, 0.6) is 0 Å². The van der Waals surface area contributed by atoms with E-state index in [1.54, 1.807) is 0 Å². The summed E-state index contributed by atoms with van der Waals surface area (Å²) in [5.41, 5.74) is -0.935. The summed E-state index contributed by atoms with van der Waals surface area (Å²) in [4.78, 5) is 0. The van der Waals surface area contributed by atoms with Crippen molar-refractivity contribution in [2.75, 3.05) is 11.9 Å². The van der Waals surface area contributed by atoms with Crippen molar-refractivity contribution < 1.29 is 22.0 Å². The largest absolute Gasteiger partial charge is 0.380 e. The standard InChI is InChI=1S/C15H18F5N/c1-8-2-4-9(5-3-8)6-7-21-15-13(19)11(17)10(16)12(18)14(15)20/h8-9,21H,2-7H2,1H3. The van der Waals surface area contributed by atoms with Crippen LogP contribution in [0.2, 0.25) is 0 Å². The van der Waals surface area contributed by atoms with Gasteiger partial charge in [-0.05, 0) is 18.3 Å². The van der Waals surface area contributed by atoms with Crippen LogP contribution in [0.3, 0.4) is 0 Å². The molecule has 21 heavy (non-hydrogen) atoms. The van der Waals surface area contributed by atoms with E-state index in [0.717, 1.165) is 25.7 Å². The fourth-order valence-electron chi connectivity index (χ4n) is 2.78. The topological polar surface area (TPSA) is 12.0 Å². The first-order valence-corrected chi connectivity index (χ1v) is 7.17. The second-order valence-corrected chi connectivity index (χ2v) is 5.79. The zero-order chi connectivity index (χ0) is 15.6. The monoisotopic (exact) mass is 307 g/mol. The molecule has 1 aliphatic rings. The summed E-state index contributed by atoms with van der Waals surface area (Å²) >= 11 is 0. The zero-order valence-electron chi connectivity index (χ0n) is 11.8. The van der Waals surface area contributed by atoms with Crippen LogP contribution in [0.1, 0.15) is 39.0 Å². The van der Waals surface area contributed by atoms with Crippen molar-refractivity contribution in [3.63, 3.8) is 0 Å². The first-order chi connectivity index (χ1) is 9.91. The number of rotatable bonds is 4. The number of benzene rings is 1. The molecule has 0 heterocycles. The molecule has 0 radical (unpaired) electrons. The minimum Gasteiger partial charge on any atom is -0.380 e. The van der Waals surface area contributed by atoms with Crippen LogP contribution >= 0.6 is 0 Å². The Bertz CT molecular complexity index is 480. The van der Waals surface area contributed by atoms with Crippen molar-refractivity contribution in [2.45, 2.75) is 39.0 Å². The van der Waals surface area contributed by atoms with Crippen LogP contribution < -0.4 is 5.32 Å². The smallest absolute Gasteiger partial charge is 0.200 e. The molecule has 1 aliphatic carbocycles. The van der Waals surface area contributed by atoms with Gasteiger partial charge in [-0.25, -0.2) is 22.0 Å². The fourth-order valence-corrected chi connectivity index (χ4v) is 2.78. The second kappa shape index (κ2) is 6.62. The van der Waals surface area contributed by atoms with Gasteiger partial charge in [0.2, 0.25) is 5.82 Å². The molecule has 1 saturated carbocycles. The average molecular weight is 307 g/mol. The predicted octanol–water partition coefficient (Wildman–Crippen LogP) is 5.01. The lowest BCUT2D eigenvalue weighted by atomic mass is 9.81. The third-order valence-electron chi connectivity index (χ3n) is 4.20. The molecule has 0 aliphatic heterocycles. The molecule has 118 valence electrons. The van der Waals surface area contributed by atoms with Gasteiger partial charge in [-0.15, -0.1) is 0 Å². The minimum atomic E-state index is -2.13. The molecule has 0 atom stereocenters. The maximum atomic E-state index is 13.4. The van der Waals surface area contributed by atoms with Crippen molar-refractivity contribution in [3.8, 4) is 0 Å². The van der Waals surface area contributed by atoms with Gasteiger partial charge in [0.1, 0.15) is 5.69 Å². The summed E-state index contributed by atoms with van der Waals surface area (Å²) in [5.74, 6) is -8.42. The molecule has 2 rings (SSSR count). The van der Waals surface area contributed by atoms with Crippen molar-refractivity contribution in [1.82, 2.24) is 0 Å². The average Bonchev–Trinajstić information content (AvgIpc) is 2.48. The lowest BCUT2D eigenvalue weighted by Crippen LogP contribution is -2.17. The fraction of sp³-hybridized carbons (Fsp3) is 0.600. The van der Waals surface area contributed by atoms with Crippen LogP contribution in [0.25, 0.3) is 0 Å². The normalized spacial score (nSPS) is 22.4. The molecule has 0 saturated heterocycles. The lowest BCUT2D eigenvalue weighted by molar-refractivity contribution is 0.281. The van der Waals surface area contributed by atoms with Gasteiger partial charge in [-0.2, -0.15) is 0 Å². The van der Waals surface area contributed by atoms with Gasteiger partial charge >= 0.3 is 0 Å². The van der Waals surface area contributed by atoms with Gasteiger partial charge in [0, 0.05) is 6.54 Å². The van der Waals surface area contributed by atoms with E-state index in [2.05, 4.69) is 12.2 Å². The number of hydrogen-bond donors (Lipinski definition) is 1. The summed E-state index contributed by atoms with van der Waals surface area (Å²) in [6.45, 7) is 2.38. The first-order valence-electron chi connectivity index (χ1n) is 7.17. The van der Waals surface area contributed by atoms with E-state index in [9.17, 15) is 22.0 Å². The van der Waals surface area contributed by atoms with Gasteiger partial charge in [0.25, 0.3) is 0 Å². The van der Waals surface area contributed by atoms with Gasteiger partial charge in [0.05, 0.1) is 0 Å². The Labute approximate surface area is 120 Å². The maximum absolute atomic E-state index is 13.4. The Morgan fingerprint density at radius 2 is 1.29 bits per heavy atom. The Morgan fingerprint density at radius 3 is 1.81 bits per heavy atom. The molecule has 1 aromatic carbocycles. The number of halogens is 5. The van der Waals surface area contributed by atoms with E-state index < -0.39 is 34.8 Å². The minimum absolute atomic E-state index is 0.192. The first kappa shape index (κ1) is 16.0. The van der Waals surface area contributed by atoms with E-state index in [1.807, 2.05) is 0 Å². The highest BCUT2D eigenvalue weighted by Gasteiger charge is 2.26. The van der Waals surface area contributed by atoms with E-state index in [1.165, 1.54) is 0 Å². The van der Waals surface area contributed by atoms with Gasteiger partial charge in [-0.3, -0.25) is 0 Å². The third kappa shape index (κ3) is 3.47. The highest BCUT2D eigenvalue weighted by atomic mass is 19.2. The number of anilines is 1. The molecule has 1 aromatic rings. The van der Waals surface area contributed by atoms with E-state index >= 15 is 0 Å². The van der Waals surface area contributed by atoms with Crippen molar-refractivity contribution in [2.24, 2.45) is 11.8 Å². The molecule has 1 nitrogen and oxygen atoms in total. The molecular formula is C15H18F5N. The molecular weight excluding hydrogens is 289 g/mol. The third-order valence-corrected chi connectivity index (χ3v) is 4.20. The van der Waals surface area contributed by atoms with Crippen molar-refractivity contribution >= 4 is 5.69 Å². The van der Waals surface area contributed by atoms with Crippen LogP contribution in [-0.2, 0) is 0 Å². The van der Waals surface area contributed by atoms with Crippen LogP contribution in [0.4, 0.5) is 27.6 Å². The van der Waals surface area contributed by atoms with Gasteiger partial charge in [0.15, 0.2) is 23.3 Å². The van der Waals surface area contributed by atoms with E-state index in [0.29, 0.717) is 18.3 Å². The van der Waals surface area contributed by atoms with Crippen molar-refractivity contribution in [3.05, 3.63) is 29.1 Å². The quantitative estimate of drug-likeness (QED) is 0.468. The Hall–Kier alpha value is -1.33. The number of hydrogen-bond acceptors (Lipinski definition) is 1. The van der Waals surface area contributed by atoms with Crippen molar-refractivity contribution in [1.29, 1.82) is 0 Å². The molecule has 1 N–H and O–H groups in total. The molecule has 0 spiro atoms. The summed E-state index contributed by atoms with van der Waals surface area (Å²) in [6, 6.07) is 0. The highest BCUT2D eigenvalue weighted by molar-refractivity contribution is 5.47. The Balaban J connectivity index is 1.97. The molecule has 0 unspecified atom stereocenters. The molecule has 0 amide bonds. The lowest BCUT2D eigenvalue weighted by Gasteiger charge is -2.26. The van der Waals surface area contributed by atoms with E-state index in [-0.39, 0.29) is 6.54 Å². The maximum Gasteiger partial charge on any atom is 0.200 e. The van der Waals surface area contributed by atoms with Gasteiger partial charge in [-0.1, -0.05) is 32.6 Å². The zero-order valence-corrected chi connectivity index (χ0v) is 11.8. The summed E-state index contributed by atoms with van der Waals surface area (Å²) < 4.78 is 65.8. The Kier molecular flexibility index (Phi) is 5.06. The Morgan fingerprint density at radius 1 is 0.810 bits per heavy atom. The SMILES string of the molecule is CC1CCC(CCNc2c(F)c(F)c(F)c(F)c2F)CC1. The summed E-state index contributed by atoms with van der Waals surface area (Å²) in [7, 11) is 0. The molecule has 1 fully saturated rings. The second-order valence-electron chi connectivity index (χ2n) is 5.79. The van der Waals surface area contributed by atoms with E-state index in [4.69, 9.17) is 0 Å². The van der Waals surface area contributed by atoms with Crippen LogP contribution in [-0.4, -0.2) is 6.54 Å². The van der Waals surface area contributed by atoms with Crippen LogP contribution in [0.15, 0.2) is 0 Å². The van der Waals surface area contributed by atoms with Crippen LogP contribution in [0, 0.1) is 40.9 Å². The summed E-state index contributed by atoms with van der Waals surface area (Å²) in [6.07, 6.45) is 4.98. The molecule has 6 heteroatoms. The summed E-state index contributed by atoms with van der Waals surface area (Å²) in [5, 5.41) is 2.35. The number of nitrogens with one attached hydrogen (secondary N) is 1.